The lowest BCUT2D eigenvalue weighted by atomic mass is 10.1. The van der Waals surface area contributed by atoms with Crippen LogP contribution >= 0.6 is 0 Å². The summed E-state index contributed by atoms with van der Waals surface area (Å²) < 4.78 is 11.1. The molecular weight excluding hydrogens is 226 g/mol. The van der Waals surface area contributed by atoms with Gasteiger partial charge in [-0.1, -0.05) is 13.0 Å². The second-order valence-corrected chi connectivity index (χ2v) is 4.74. The first-order valence-corrected chi connectivity index (χ1v) is 6.82. The molecule has 0 aromatic heterocycles. The molecule has 1 saturated heterocycles. The highest BCUT2D eigenvalue weighted by atomic mass is 16.5. The van der Waals surface area contributed by atoms with Gasteiger partial charge in [-0.3, -0.25) is 4.90 Å². The molecule has 2 rings (SSSR count). The fraction of sp³-hybridized carbons (Fsp3) is 0.600. The molecule has 0 saturated carbocycles. The van der Waals surface area contributed by atoms with E-state index in [1.165, 1.54) is 11.1 Å². The van der Waals surface area contributed by atoms with E-state index < -0.39 is 0 Å². The quantitative estimate of drug-likeness (QED) is 0.799. The van der Waals surface area contributed by atoms with E-state index in [1.807, 2.05) is 0 Å². The molecule has 0 amide bonds. The van der Waals surface area contributed by atoms with Crippen LogP contribution in [0.2, 0.25) is 0 Å². The van der Waals surface area contributed by atoms with Crippen LogP contribution in [0.3, 0.4) is 0 Å². The average molecular weight is 249 g/mol. The first kappa shape index (κ1) is 13.4. The Labute approximate surface area is 110 Å². The Kier molecular flexibility index (Phi) is 5.02. The molecule has 1 aliphatic heterocycles. The van der Waals surface area contributed by atoms with Crippen molar-refractivity contribution < 1.29 is 9.47 Å². The first-order valence-electron chi connectivity index (χ1n) is 6.82. The number of rotatable bonds is 5. The van der Waals surface area contributed by atoms with Gasteiger partial charge >= 0.3 is 0 Å². The van der Waals surface area contributed by atoms with Crippen LogP contribution < -0.4 is 4.74 Å². The van der Waals surface area contributed by atoms with Crippen LogP contribution in [0.25, 0.3) is 0 Å². The Balaban J connectivity index is 1.77. The lowest BCUT2D eigenvalue weighted by Gasteiger charge is -2.26. The van der Waals surface area contributed by atoms with Gasteiger partial charge in [0, 0.05) is 19.6 Å². The molecule has 1 heterocycles. The summed E-state index contributed by atoms with van der Waals surface area (Å²) in [5.41, 5.74) is 2.72. The smallest absolute Gasteiger partial charge is 0.119 e. The minimum Gasteiger partial charge on any atom is -0.492 e. The zero-order valence-corrected chi connectivity index (χ0v) is 11.4. The molecule has 0 unspecified atom stereocenters. The third kappa shape index (κ3) is 3.72. The highest BCUT2D eigenvalue weighted by Crippen LogP contribution is 2.17. The van der Waals surface area contributed by atoms with E-state index in [-0.39, 0.29) is 0 Å². The number of aryl methyl sites for hydroxylation is 2. The summed E-state index contributed by atoms with van der Waals surface area (Å²) in [4.78, 5) is 2.39. The van der Waals surface area contributed by atoms with Gasteiger partial charge in [-0.15, -0.1) is 0 Å². The molecule has 0 radical (unpaired) electrons. The van der Waals surface area contributed by atoms with Crippen LogP contribution in [0.4, 0.5) is 0 Å². The molecule has 1 fully saturated rings. The van der Waals surface area contributed by atoms with Crippen LogP contribution in [0.1, 0.15) is 18.1 Å². The van der Waals surface area contributed by atoms with Gasteiger partial charge in [0.2, 0.25) is 0 Å². The summed E-state index contributed by atoms with van der Waals surface area (Å²) >= 11 is 0. The summed E-state index contributed by atoms with van der Waals surface area (Å²) in [5, 5.41) is 0. The fourth-order valence-electron chi connectivity index (χ4n) is 2.27. The molecule has 1 aromatic rings. The number of benzene rings is 1. The second kappa shape index (κ2) is 6.76. The molecule has 1 aromatic carbocycles. The predicted octanol–water partition coefficient (Wildman–Crippen LogP) is 2.27. The number of ether oxygens (including phenoxy) is 2. The molecule has 18 heavy (non-hydrogen) atoms. The first-order chi connectivity index (χ1) is 8.79. The lowest BCUT2D eigenvalue weighted by molar-refractivity contribution is 0.0322. The molecule has 0 spiro atoms. The summed E-state index contributed by atoms with van der Waals surface area (Å²) in [6.07, 6.45) is 1.08. The van der Waals surface area contributed by atoms with E-state index in [0.29, 0.717) is 0 Å². The third-order valence-corrected chi connectivity index (χ3v) is 3.47. The Morgan fingerprint density at radius 1 is 1.28 bits per heavy atom. The van der Waals surface area contributed by atoms with E-state index in [0.717, 1.165) is 51.6 Å². The molecule has 1 aliphatic rings. The van der Waals surface area contributed by atoms with Gasteiger partial charge < -0.3 is 9.47 Å². The molecular formula is C15H23NO2. The fourth-order valence-corrected chi connectivity index (χ4v) is 2.27. The maximum atomic E-state index is 5.81. The number of hydrogen-bond acceptors (Lipinski definition) is 3. The Morgan fingerprint density at radius 2 is 2.06 bits per heavy atom. The summed E-state index contributed by atoms with van der Waals surface area (Å²) in [7, 11) is 0. The topological polar surface area (TPSA) is 21.7 Å². The third-order valence-electron chi connectivity index (χ3n) is 3.47. The van der Waals surface area contributed by atoms with Crippen molar-refractivity contribution in [2.24, 2.45) is 0 Å². The van der Waals surface area contributed by atoms with Crippen molar-refractivity contribution in [2.45, 2.75) is 20.3 Å². The van der Waals surface area contributed by atoms with Crippen molar-refractivity contribution in [1.82, 2.24) is 4.90 Å². The molecule has 0 bridgehead atoms. The summed E-state index contributed by atoms with van der Waals surface area (Å²) in [6, 6.07) is 6.38. The average Bonchev–Trinajstić information content (AvgIpc) is 2.40. The molecule has 0 aliphatic carbocycles. The van der Waals surface area contributed by atoms with Crippen molar-refractivity contribution in [3.63, 3.8) is 0 Å². The van der Waals surface area contributed by atoms with Gasteiger partial charge in [-0.2, -0.15) is 0 Å². The van der Waals surface area contributed by atoms with Crippen molar-refractivity contribution in [3.8, 4) is 5.75 Å². The van der Waals surface area contributed by atoms with Gasteiger partial charge in [0.1, 0.15) is 12.4 Å². The highest BCUT2D eigenvalue weighted by molar-refractivity contribution is 5.34. The summed E-state index contributed by atoms with van der Waals surface area (Å²) in [5.74, 6) is 0.984. The van der Waals surface area contributed by atoms with Crippen molar-refractivity contribution in [3.05, 3.63) is 29.3 Å². The molecule has 0 atom stereocenters. The van der Waals surface area contributed by atoms with Crippen LogP contribution in [0, 0.1) is 6.92 Å². The van der Waals surface area contributed by atoms with Crippen LogP contribution in [-0.2, 0) is 11.2 Å². The van der Waals surface area contributed by atoms with Gasteiger partial charge in [0.15, 0.2) is 0 Å². The zero-order chi connectivity index (χ0) is 12.8. The van der Waals surface area contributed by atoms with E-state index in [4.69, 9.17) is 9.47 Å². The highest BCUT2D eigenvalue weighted by Gasteiger charge is 2.09. The van der Waals surface area contributed by atoms with Crippen LogP contribution in [0.5, 0.6) is 5.75 Å². The standard InChI is InChI=1S/C15H23NO2/c1-3-14-4-5-15(12-13(14)2)18-11-8-16-6-9-17-10-7-16/h4-5,12H,3,6-11H2,1-2H3. The Hall–Kier alpha value is -1.06. The SMILES string of the molecule is CCc1ccc(OCCN2CCOCC2)cc1C. The van der Waals surface area contributed by atoms with E-state index in [9.17, 15) is 0 Å². The monoisotopic (exact) mass is 249 g/mol. The Morgan fingerprint density at radius 3 is 2.72 bits per heavy atom. The number of nitrogens with zero attached hydrogens (tertiary/aromatic N) is 1. The summed E-state index contributed by atoms with van der Waals surface area (Å²) in [6.45, 7) is 9.82. The predicted molar refractivity (Wildman–Crippen MR) is 73.3 cm³/mol. The van der Waals surface area contributed by atoms with Gasteiger partial charge in [-0.05, 0) is 36.6 Å². The maximum Gasteiger partial charge on any atom is 0.119 e. The van der Waals surface area contributed by atoms with E-state index >= 15 is 0 Å². The van der Waals surface area contributed by atoms with Gasteiger partial charge in [-0.25, -0.2) is 0 Å². The largest absolute Gasteiger partial charge is 0.492 e. The molecule has 100 valence electrons. The van der Waals surface area contributed by atoms with Crippen LogP contribution in [0.15, 0.2) is 18.2 Å². The van der Waals surface area contributed by atoms with Gasteiger partial charge in [0.25, 0.3) is 0 Å². The van der Waals surface area contributed by atoms with E-state index in [1.54, 1.807) is 0 Å². The maximum absolute atomic E-state index is 5.81. The Bertz CT molecular complexity index is 373. The number of morpholine rings is 1. The lowest BCUT2D eigenvalue weighted by Crippen LogP contribution is -2.38. The van der Waals surface area contributed by atoms with Crippen molar-refractivity contribution in [2.75, 3.05) is 39.5 Å². The molecule has 3 heteroatoms. The molecule has 3 nitrogen and oxygen atoms in total. The van der Waals surface area contributed by atoms with Crippen molar-refractivity contribution in [1.29, 1.82) is 0 Å². The molecule has 0 N–H and O–H groups in total. The van der Waals surface area contributed by atoms with Crippen molar-refractivity contribution >= 4 is 0 Å². The number of hydrogen-bond donors (Lipinski definition) is 0. The normalized spacial score (nSPS) is 16.8. The minimum atomic E-state index is 0.755. The second-order valence-electron chi connectivity index (χ2n) is 4.74. The van der Waals surface area contributed by atoms with Gasteiger partial charge in [0.05, 0.1) is 13.2 Å². The van der Waals surface area contributed by atoms with E-state index in [2.05, 4.69) is 36.9 Å². The minimum absolute atomic E-state index is 0.755. The van der Waals surface area contributed by atoms with Crippen LogP contribution in [-0.4, -0.2) is 44.4 Å². The zero-order valence-electron chi connectivity index (χ0n) is 11.4.